The van der Waals surface area contributed by atoms with Crippen LogP contribution in [0.1, 0.15) is 26.2 Å². The summed E-state index contributed by atoms with van der Waals surface area (Å²) in [6, 6.07) is 3.32. The van der Waals surface area contributed by atoms with Gasteiger partial charge in [0.05, 0.1) is 10.5 Å². The zero-order valence-electron chi connectivity index (χ0n) is 11.1. The van der Waals surface area contributed by atoms with Crippen LogP contribution in [0.5, 0.6) is 0 Å². The maximum atomic E-state index is 13.2. The van der Waals surface area contributed by atoms with Crippen molar-refractivity contribution in [3.8, 4) is 0 Å². The number of hydrogen-bond acceptors (Lipinski definition) is 4. The molecule has 20 heavy (non-hydrogen) atoms. The molecule has 7 heteroatoms. The summed E-state index contributed by atoms with van der Waals surface area (Å²) in [4.78, 5) is 22.1. The van der Waals surface area contributed by atoms with Gasteiger partial charge in [-0.05, 0) is 44.9 Å². The molecule has 0 aliphatic carbocycles. The van der Waals surface area contributed by atoms with Crippen LogP contribution in [0.15, 0.2) is 18.2 Å². The Bertz CT molecular complexity index is 542. The minimum absolute atomic E-state index is 0.219. The van der Waals surface area contributed by atoms with Crippen LogP contribution in [-0.2, 0) is 4.79 Å². The number of carbonyl (C=O) groups excluding carboxylic acids is 1. The van der Waals surface area contributed by atoms with Crippen molar-refractivity contribution < 1.29 is 14.1 Å². The van der Waals surface area contributed by atoms with Crippen LogP contribution >= 0.6 is 0 Å². The van der Waals surface area contributed by atoms with Gasteiger partial charge in [-0.3, -0.25) is 14.9 Å². The molecule has 2 rings (SSSR count). The van der Waals surface area contributed by atoms with Crippen molar-refractivity contribution in [2.45, 2.75) is 31.7 Å². The third-order valence-corrected chi connectivity index (χ3v) is 3.52. The van der Waals surface area contributed by atoms with Gasteiger partial charge in [-0.25, -0.2) is 0 Å². The Morgan fingerprint density at radius 3 is 2.85 bits per heavy atom. The molecule has 1 aliphatic heterocycles. The molecule has 1 atom stereocenters. The van der Waals surface area contributed by atoms with E-state index in [-0.39, 0.29) is 11.6 Å². The molecule has 6 nitrogen and oxygen atoms in total. The highest BCUT2D eigenvalue weighted by Gasteiger charge is 2.34. The fourth-order valence-corrected chi connectivity index (χ4v) is 2.25. The molecular formula is C13H16FN3O3. The van der Waals surface area contributed by atoms with E-state index in [0.717, 1.165) is 31.5 Å². The standard InChI is InChI=1S/C13H16FN3O3/c1-13(6-2-3-7-15-13)12(18)16-9-4-5-10(14)11(8-9)17(19)20/h4-5,8,15H,2-3,6-7H2,1H3,(H,16,18). The smallest absolute Gasteiger partial charge is 0.306 e. The molecule has 2 N–H and O–H groups in total. The minimum atomic E-state index is -0.921. The molecular weight excluding hydrogens is 265 g/mol. The van der Waals surface area contributed by atoms with E-state index in [0.29, 0.717) is 6.42 Å². The molecule has 0 aromatic heterocycles. The normalized spacial score (nSPS) is 22.3. The highest BCUT2D eigenvalue weighted by atomic mass is 19.1. The molecule has 0 spiro atoms. The Morgan fingerprint density at radius 2 is 2.25 bits per heavy atom. The summed E-state index contributed by atoms with van der Waals surface area (Å²) in [5, 5.41) is 16.4. The van der Waals surface area contributed by atoms with Crippen LogP contribution in [-0.4, -0.2) is 22.9 Å². The number of nitro groups is 1. The lowest BCUT2D eigenvalue weighted by atomic mass is 9.90. The molecule has 0 radical (unpaired) electrons. The van der Waals surface area contributed by atoms with Crippen LogP contribution in [0.4, 0.5) is 15.8 Å². The number of amides is 1. The van der Waals surface area contributed by atoms with Crippen molar-refractivity contribution in [2.75, 3.05) is 11.9 Å². The summed E-state index contributed by atoms with van der Waals surface area (Å²) < 4.78 is 13.2. The number of hydrogen-bond donors (Lipinski definition) is 2. The van der Waals surface area contributed by atoms with E-state index in [4.69, 9.17) is 0 Å². The van der Waals surface area contributed by atoms with Gasteiger partial charge in [0, 0.05) is 11.8 Å². The lowest BCUT2D eigenvalue weighted by molar-refractivity contribution is -0.387. The molecule has 1 aromatic carbocycles. The summed E-state index contributed by atoms with van der Waals surface area (Å²) >= 11 is 0. The van der Waals surface area contributed by atoms with Crippen molar-refractivity contribution in [3.63, 3.8) is 0 Å². The Balaban J connectivity index is 2.15. The SMILES string of the molecule is CC1(C(=O)Nc2ccc(F)c([N+](=O)[O-])c2)CCCCN1. The Morgan fingerprint density at radius 1 is 1.50 bits per heavy atom. The van der Waals surface area contributed by atoms with Crippen LogP contribution in [0.3, 0.4) is 0 Å². The van der Waals surface area contributed by atoms with Gasteiger partial charge in [0.25, 0.3) is 0 Å². The van der Waals surface area contributed by atoms with Crippen LogP contribution in [0, 0.1) is 15.9 Å². The third-order valence-electron chi connectivity index (χ3n) is 3.52. The topological polar surface area (TPSA) is 84.3 Å². The van der Waals surface area contributed by atoms with Crippen LogP contribution < -0.4 is 10.6 Å². The summed E-state index contributed by atoms with van der Waals surface area (Å²) in [7, 11) is 0. The van der Waals surface area contributed by atoms with Crippen molar-refractivity contribution in [3.05, 3.63) is 34.1 Å². The highest BCUT2D eigenvalue weighted by molar-refractivity contribution is 5.98. The van der Waals surface area contributed by atoms with Crippen molar-refractivity contribution in [2.24, 2.45) is 0 Å². The van der Waals surface area contributed by atoms with Gasteiger partial charge in [-0.15, -0.1) is 0 Å². The molecule has 1 unspecified atom stereocenters. The van der Waals surface area contributed by atoms with E-state index in [2.05, 4.69) is 10.6 Å². The van der Waals surface area contributed by atoms with Gasteiger partial charge in [0.2, 0.25) is 11.7 Å². The van der Waals surface area contributed by atoms with E-state index in [1.807, 2.05) is 0 Å². The number of carbonyl (C=O) groups is 1. The number of anilines is 1. The van der Waals surface area contributed by atoms with Crippen molar-refractivity contribution in [1.29, 1.82) is 0 Å². The lowest BCUT2D eigenvalue weighted by Gasteiger charge is -2.33. The number of nitro benzene ring substituents is 1. The van der Waals surface area contributed by atoms with Crippen LogP contribution in [0.25, 0.3) is 0 Å². The van der Waals surface area contributed by atoms with E-state index in [1.54, 1.807) is 6.92 Å². The largest absolute Gasteiger partial charge is 0.324 e. The fourth-order valence-electron chi connectivity index (χ4n) is 2.25. The maximum absolute atomic E-state index is 13.2. The number of nitrogens with one attached hydrogen (secondary N) is 2. The second kappa shape index (κ2) is 5.54. The zero-order valence-corrected chi connectivity index (χ0v) is 11.1. The van der Waals surface area contributed by atoms with E-state index in [9.17, 15) is 19.3 Å². The molecule has 1 aromatic rings. The first-order valence-corrected chi connectivity index (χ1v) is 6.43. The maximum Gasteiger partial charge on any atom is 0.306 e. The Kier molecular flexibility index (Phi) is 3.99. The number of halogens is 1. The Labute approximate surface area is 115 Å². The predicted molar refractivity (Wildman–Crippen MR) is 71.9 cm³/mol. The molecule has 1 saturated heterocycles. The van der Waals surface area contributed by atoms with Crippen LogP contribution in [0.2, 0.25) is 0 Å². The molecule has 1 heterocycles. The average Bonchev–Trinajstić information content (AvgIpc) is 2.41. The van der Waals surface area contributed by atoms with E-state index >= 15 is 0 Å². The fraction of sp³-hybridized carbons (Fsp3) is 0.462. The first-order chi connectivity index (χ1) is 9.42. The van der Waals surface area contributed by atoms with E-state index < -0.39 is 22.0 Å². The molecule has 0 bridgehead atoms. The second-order valence-corrected chi connectivity index (χ2v) is 5.09. The zero-order chi connectivity index (χ0) is 14.8. The molecule has 1 fully saturated rings. The predicted octanol–water partition coefficient (Wildman–Crippen LogP) is 2.20. The molecule has 0 saturated carbocycles. The van der Waals surface area contributed by atoms with Crippen molar-refractivity contribution >= 4 is 17.3 Å². The Hall–Kier alpha value is -2.02. The summed E-state index contributed by atoms with van der Waals surface area (Å²) in [6.45, 7) is 2.55. The number of nitrogens with zero attached hydrogens (tertiary/aromatic N) is 1. The first kappa shape index (κ1) is 14.4. The van der Waals surface area contributed by atoms with Gasteiger partial charge in [-0.2, -0.15) is 4.39 Å². The van der Waals surface area contributed by atoms with Gasteiger partial charge in [-0.1, -0.05) is 0 Å². The van der Waals surface area contributed by atoms with Gasteiger partial charge in [0.15, 0.2) is 0 Å². The van der Waals surface area contributed by atoms with Crippen molar-refractivity contribution in [1.82, 2.24) is 5.32 Å². The van der Waals surface area contributed by atoms with Gasteiger partial charge < -0.3 is 10.6 Å². The second-order valence-electron chi connectivity index (χ2n) is 5.09. The lowest BCUT2D eigenvalue weighted by Crippen LogP contribution is -2.54. The van der Waals surface area contributed by atoms with Gasteiger partial charge in [0.1, 0.15) is 0 Å². The summed E-state index contributed by atoms with van der Waals surface area (Å²) in [5.74, 6) is -1.19. The molecule has 108 valence electrons. The third kappa shape index (κ3) is 2.93. The minimum Gasteiger partial charge on any atom is -0.324 e. The number of piperidine rings is 1. The summed E-state index contributed by atoms with van der Waals surface area (Å²) in [5.41, 5.74) is -1.12. The monoisotopic (exact) mass is 281 g/mol. The molecule has 1 amide bonds. The highest BCUT2D eigenvalue weighted by Crippen LogP contribution is 2.24. The number of rotatable bonds is 3. The summed E-state index contributed by atoms with van der Waals surface area (Å²) in [6.07, 6.45) is 2.66. The van der Waals surface area contributed by atoms with Gasteiger partial charge >= 0.3 is 5.69 Å². The quantitative estimate of drug-likeness (QED) is 0.657. The van der Waals surface area contributed by atoms with E-state index in [1.165, 1.54) is 6.07 Å². The first-order valence-electron chi connectivity index (χ1n) is 6.43. The number of benzene rings is 1. The molecule has 1 aliphatic rings. The average molecular weight is 281 g/mol.